The zero-order chi connectivity index (χ0) is 22.3. The first-order valence-corrected chi connectivity index (χ1v) is 9.96. The number of halogens is 3. The lowest BCUT2D eigenvalue weighted by Gasteiger charge is -2.22. The van der Waals surface area contributed by atoms with E-state index in [0.29, 0.717) is 21.3 Å². The number of rotatable bonds is 9. The van der Waals surface area contributed by atoms with E-state index < -0.39 is 24.5 Å². The molecule has 162 valence electrons. The molecule has 0 aliphatic rings. The van der Waals surface area contributed by atoms with Crippen LogP contribution in [0.25, 0.3) is 0 Å². The van der Waals surface area contributed by atoms with Gasteiger partial charge in [-0.15, -0.1) is 0 Å². The molecule has 0 saturated heterocycles. The highest BCUT2D eigenvalue weighted by atomic mass is 79.9. The van der Waals surface area contributed by atoms with Crippen molar-refractivity contribution in [3.05, 3.63) is 58.1 Å². The van der Waals surface area contributed by atoms with E-state index in [1.54, 1.807) is 50.2 Å². The standard InChI is InChI=1S/C21H23BrF2N2O4/c1-12(2)18(26-19(27)13-4-7-16(29-3)8-5-13)20(28)25-11-14-10-15(22)6-9-17(14)30-21(23)24/h4-10,12,18,21H,11H2,1-3H3,(H,25,28)(H,26,27). The molecule has 2 aromatic rings. The van der Waals surface area contributed by atoms with Gasteiger partial charge in [0.05, 0.1) is 7.11 Å². The van der Waals surface area contributed by atoms with Gasteiger partial charge in [-0.3, -0.25) is 9.59 Å². The van der Waals surface area contributed by atoms with Gasteiger partial charge in [0.2, 0.25) is 5.91 Å². The van der Waals surface area contributed by atoms with Gasteiger partial charge in [-0.25, -0.2) is 0 Å². The summed E-state index contributed by atoms with van der Waals surface area (Å²) in [6.45, 7) is 0.571. The molecule has 6 nitrogen and oxygen atoms in total. The number of carbonyl (C=O) groups excluding carboxylic acids is 2. The Morgan fingerprint density at radius 2 is 1.77 bits per heavy atom. The van der Waals surface area contributed by atoms with Crippen molar-refractivity contribution < 1.29 is 27.8 Å². The molecular formula is C21H23BrF2N2O4. The first-order valence-electron chi connectivity index (χ1n) is 9.17. The van der Waals surface area contributed by atoms with E-state index >= 15 is 0 Å². The Bertz CT molecular complexity index is 876. The molecule has 2 aromatic carbocycles. The lowest BCUT2D eigenvalue weighted by molar-refractivity contribution is -0.124. The SMILES string of the molecule is COc1ccc(C(=O)NC(C(=O)NCc2cc(Br)ccc2OC(F)F)C(C)C)cc1. The molecule has 1 unspecified atom stereocenters. The largest absolute Gasteiger partial charge is 0.497 e. The third-order valence-corrected chi connectivity index (χ3v) is 4.77. The van der Waals surface area contributed by atoms with Crippen molar-refractivity contribution in [1.82, 2.24) is 10.6 Å². The van der Waals surface area contributed by atoms with Crippen LogP contribution in [-0.4, -0.2) is 31.6 Å². The third kappa shape index (κ3) is 6.69. The van der Waals surface area contributed by atoms with E-state index in [4.69, 9.17) is 4.74 Å². The molecule has 2 N–H and O–H groups in total. The van der Waals surface area contributed by atoms with Crippen LogP contribution in [0.4, 0.5) is 8.78 Å². The first-order chi connectivity index (χ1) is 14.2. The smallest absolute Gasteiger partial charge is 0.387 e. The van der Waals surface area contributed by atoms with Crippen molar-refractivity contribution in [3.8, 4) is 11.5 Å². The quantitative estimate of drug-likeness (QED) is 0.560. The van der Waals surface area contributed by atoms with Gasteiger partial charge in [0.25, 0.3) is 5.91 Å². The second kappa shape index (κ2) is 10.9. The Kier molecular flexibility index (Phi) is 8.58. The predicted molar refractivity (Wildman–Crippen MR) is 112 cm³/mol. The number of hydrogen-bond acceptors (Lipinski definition) is 4. The zero-order valence-electron chi connectivity index (χ0n) is 16.7. The Morgan fingerprint density at radius 1 is 1.10 bits per heavy atom. The van der Waals surface area contributed by atoms with Crippen LogP contribution >= 0.6 is 15.9 Å². The van der Waals surface area contributed by atoms with Crippen molar-refractivity contribution >= 4 is 27.7 Å². The molecule has 0 aliphatic heterocycles. The van der Waals surface area contributed by atoms with Crippen LogP contribution in [0.5, 0.6) is 11.5 Å². The highest BCUT2D eigenvalue weighted by Gasteiger charge is 2.25. The average molecular weight is 485 g/mol. The van der Waals surface area contributed by atoms with E-state index in [2.05, 4.69) is 31.3 Å². The van der Waals surface area contributed by atoms with Crippen LogP contribution in [0.3, 0.4) is 0 Å². The molecule has 0 radical (unpaired) electrons. The lowest BCUT2D eigenvalue weighted by atomic mass is 10.0. The zero-order valence-corrected chi connectivity index (χ0v) is 18.3. The molecular weight excluding hydrogens is 462 g/mol. The number of carbonyl (C=O) groups is 2. The summed E-state index contributed by atoms with van der Waals surface area (Å²) >= 11 is 3.27. The number of amides is 2. The van der Waals surface area contributed by atoms with Gasteiger partial charge >= 0.3 is 6.61 Å². The Morgan fingerprint density at radius 3 is 2.33 bits per heavy atom. The number of nitrogens with one attached hydrogen (secondary N) is 2. The number of hydrogen-bond donors (Lipinski definition) is 2. The molecule has 1 atom stereocenters. The maximum absolute atomic E-state index is 12.7. The van der Waals surface area contributed by atoms with Crippen LogP contribution in [0.1, 0.15) is 29.8 Å². The number of ether oxygens (including phenoxy) is 2. The highest BCUT2D eigenvalue weighted by molar-refractivity contribution is 9.10. The fourth-order valence-corrected chi connectivity index (χ4v) is 3.10. The lowest BCUT2D eigenvalue weighted by Crippen LogP contribution is -2.49. The van der Waals surface area contributed by atoms with Crippen LogP contribution in [0.15, 0.2) is 46.9 Å². The van der Waals surface area contributed by atoms with Crippen LogP contribution in [0, 0.1) is 5.92 Å². The molecule has 0 aliphatic carbocycles. The fraction of sp³-hybridized carbons (Fsp3) is 0.333. The molecule has 2 amide bonds. The average Bonchev–Trinajstić information content (AvgIpc) is 2.71. The van der Waals surface area contributed by atoms with Crippen molar-refractivity contribution in [2.75, 3.05) is 7.11 Å². The second-order valence-electron chi connectivity index (χ2n) is 6.77. The number of alkyl halides is 2. The normalized spacial score (nSPS) is 11.9. The summed E-state index contributed by atoms with van der Waals surface area (Å²) in [7, 11) is 1.53. The van der Waals surface area contributed by atoms with Gasteiger partial charge in [-0.1, -0.05) is 29.8 Å². The van der Waals surface area contributed by atoms with Crippen molar-refractivity contribution in [3.63, 3.8) is 0 Å². The van der Waals surface area contributed by atoms with E-state index in [-0.39, 0.29) is 18.2 Å². The first kappa shape index (κ1) is 23.6. The topological polar surface area (TPSA) is 76.7 Å². The summed E-state index contributed by atoms with van der Waals surface area (Å²) < 4.78 is 35.4. The minimum atomic E-state index is -2.98. The van der Waals surface area contributed by atoms with Gasteiger partial charge in [0.1, 0.15) is 17.5 Å². The van der Waals surface area contributed by atoms with E-state index in [1.807, 2.05) is 0 Å². The molecule has 30 heavy (non-hydrogen) atoms. The minimum absolute atomic E-state index is 0.0307. The van der Waals surface area contributed by atoms with Crippen LogP contribution in [-0.2, 0) is 11.3 Å². The summed E-state index contributed by atoms with van der Waals surface area (Å²) in [6, 6.07) is 10.2. The monoisotopic (exact) mass is 484 g/mol. The summed E-state index contributed by atoms with van der Waals surface area (Å²) in [5.41, 5.74) is 0.760. The molecule has 0 heterocycles. The summed E-state index contributed by atoms with van der Waals surface area (Å²) in [5.74, 6) is -0.464. The Hall–Kier alpha value is -2.68. The van der Waals surface area contributed by atoms with Crippen LogP contribution < -0.4 is 20.1 Å². The maximum atomic E-state index is 12.7. The molecule has 0 fully saturated rings. The number of benzene rings is 2. The van der Waals surface area contributed by atoms with E-state index in [1.165, 1.54) is 13.2 Å². The Labute approximate surface area is 182 Å². The van der Waals surface area contributed by atoms with Crippen molar-refractivity contribution in [2.24, 2.45) is 5.92 Å². The summed E-state index contributed by atoms with van der Waals surface area (Å²) in [4.78, 5) is 25.2. The van der Waals surface area contributed by atoms with E-state index in [9.17, 15) is 18.4 Å². The van der Waals surface area contributed by atoms with Gasteiger partial charge in [-0.05, 0) is 48.4 Å². The summed E-state index contributed by atoms with van der Waals surface area (Å²) in [5, 5.41) is 5.39. The predicted octanol–water partition coefficient (Wildman–Crippen LogP) is 4.13. The van der Waals surface area contributed by atoms with Gasteiger partial charge in [0, 0.05) is 22.1 Å². The molecule has 9 heteroatoms. The van der Waals surface area contributed by atoms with Crippen molar-refractivity contribution in [2.45, 2.75) is 33.0 Å². The van der Waals surface area contributed by atoms with Gasteiger partial charge < -0.3 is 20.1 Å². The highest BCUT2D eigenvalue weighted by Crippen LogP contribution is 2.25. The molecule has 0 spiro atoms. The van der Waals surface area contributed by atoms with Gasteiger partial charge in [-0.2, -0.15) is 8.78 Å². The Balaban J connectivity index is 2.07. The molecule has 0 saturated carbocycles. The van der Waals surface area contributed by atoms with E-state index in [0.717, 1.165) is 0 Å². The molecule has 0 bridgehead atoms. The second-order valence-corrected chi connectivity index (χ2v) is 7.69. The number of methoxy groups -OCH3 is 1. The fourth-order valence-electron chi connectivity index (χ4n) is 2.69. The third-order valence-electron chi connectivity index (χ3n) is 4.28. The van der Waals surface area contributed by atoms with Gasteiger partial charge in [0.15, 0.2) is 0 Å². The van der Waals surface area contributed by atoms with Crippen LogP contribution in [0.2, 0.25) is 0 Å². The minimum Gasteiger partial charge on any atom is -0.497 e. The molecule has 0 aromatic heterocycles. The maximum Gasteiger partial charge on any atom is 0.387 e. The summed E-state index contributed by atoms with van der Waals surface area (Å²) in [6.07, 6.45) is 0. The van der Waals surface area contributed by atoms with Crippen molar-refractivity contribution in [1.29, 1.82) is 0 Å². The molecule has 2 rings (SSSR count).